The van der Waals surface area contributed by atoms with E-state index in [0.29, 0.717) is 0 Å². The first-order valence-electron chi connectivity index (χ1n) is 5.73. The number of carbonyl (C=O) groups is 1. The Hall–Kier alpha value is -1.80. The molecular formula is C12H17NO6S. The molecule has 0 heterocycles. The van der Waals surface area contributed by atoms with Gasteiger partial charge in [-0.15, -0.1) is 0 Å². The summed E-state index contributed by atoms with van der Waals surface area (Å²) in [6.45, 7) is 1.63. The summed E-state index contributed by atoms with van der Waals surface area (Å²) in [4.78, 5) is 10.9. The maximum absolute atomic E-state index is 11.8. The summed E-state index contributed by atoms with van der Waals surface area (Å²) in [5.41, 5.74) is 0.191. The van der Waals surface area contributed by atoms with Gasteiger partial charge in [-0.25, -0.2) is 13.2 Å². The number of hydrogen-bond donors (Lipinski definition) is 2. The first-order chi connectivity index (χ1) is 9.29. The topological polar surface area (TPSA) is 102 Å². The monoisotopic (exact) mass is 303 g/mol. The first kappa shape index (κ1) is 16.3. The van der Waals surface area contributed by atoms with Gasteiger partial charge in [0, 0.05) is 13.2 Å². The lowest BCUT2D eigenvalue weighted by Gasteiger charge is -2.13. The van der Waals surface area contributed by atoms with Crippen molar-refractivity contribution < 1.29 is 27.8 Å². The summed E-state index contributed by atoms with van der Waals surface area (Å²) in [5.74, 6) is -1.27. The van der Waals surface area contributed by atoms with Gasteiger partial charge in [0.15, 0.2) is 0 Å². The molecule has 1 aromatic carbocycles. The molecule has 0 spiro atoms. The van der Waals surface area contributed by atoms with Crippen molar-refractivity contribution >= 4 is 21.7 Å². The zero-order chi connectivity index (χ0) is 15.3. The largest absolute Gasteiger partial charge is 0.496 e. The van der Waals surface area contributed by atoms with E-state index in [9.17, 15) is 13.2 Å². The molecule has 1 atom stereocenters. The van der Waals surface area contributed by atoms with Crippen LogP contribution >= 0.6 is 0 Å². The van der Waals surface area contributed by atoms with Crippen molar-refractivity contribution in [3.63, 3.8) is 0 Å². The van der Waals surface area contributed by atoms with E-state index in [-0.39, 0.29) is 22.8 Å². The Bertz CT molecular complexity index is 584. The summed E-state index contributed by atoms with van der Waals surface area (Å²) < 4.78 is 35.8. The summed E-state index contributed by atoms with van der Waals surface area (Å²) in [5, 5.41) is 8.94. The molecule has 0 saturated carbocycles. The van der Waals surface area contributed by atoms with E-state index in [4.69, 9.17) is 14.6 Å². The summed E-state index contributed by atoms with van der Waals surface area (Å²) in [6.07, 6.45) is -0.451. The first-order valence-corrected chi connectivity index (χ1v) is 7.39. The number of benzene rings is 1. The zero-order valence-corrected chi connectivity index (χ0v) is 12.2. The van der Waals surface area contributed by atoms with Crippen LogP contribution in [0.3, 0.4) is 0 Å². The second-order valence-corrected chi connectivity index (χ2v) is 5.92. The second kappa shape index (κ2) is 6.58. The molecule has 0 fully saturated rings. The minimum Gasteiger partial charge on any atom is -0.496 e. The number of carboxylic acids is 1. The third kappa shape index (κ3) is 4.39. The molecule has 8 heteroatoms. The third-order valence-electron chi connectivity index (χ3n) is 2.56. The highest BCUT2D eigenvalue weighted by atomic mass is 32.2. The Morgan fingerprint density at radius 3 is 2.55 bits per heavy atom. The lowest BCUT2D eigenvalue weighted by molar-refractivity contribution is 0.0693. The minimum atomic E-state index is -3.58. The van der Waals surface area contributed by atoms with Gasteiger partial charge in [-0.05, 0) is 19.1 Å². The van der Waals surface area contributed by atoms with Crippen LogP contribution in [0.5, 0.6) is 5.75 Å². The molecule has 112 valence electrons. The number of anilines is 1. The van der Waals surface area contributed by atoms with Crippen molar-refractivity contribution in [3.8, 4) is 5.75 Å². The maximum atomic E-state index is 11.8. The zero-order valence-electron chi connectivity index (χ0n) is 11.4. The number of methoxy groups -OCH3 is 2. The average Bonchev–Trinajstić information content (AvgIpc) is 2.36. The molecule has 1 rings (SSSR count). The molecule has 20 heavy (non-hydrogen) atoms. The maximum Gasteiger partial charge on any atom is 0.339 e. The van der Waals surface area contributed by atoms with Gasteiger partial charge in [-0.2, -0.15) is 0 Å². The Balaban J connectivity index is 2.96. The fraction of sp³-hybridized carbons (Fsp3) is 0.417. The Labute approximate surface area is 117 Å². The quantitative estimate of drug-likeness (QED) is 0.784. The minimum absolute atomic E-state index is 0.0410. The van der Waals surface area contributed by atoms with Crippen molar-refractivity contribution in [1.29, 1.82) is 0 Å². The van der Waals surface area contributed by atoms with Crippen molar-refractivity contribution in [2.75, 3.05) is 24.7 Å². The van der Waals surface area contributed by atoms with E-state index in [1.165, 1.54) is 32.4 Å². The molecule has 1 unspecified atom stereocenters. The highest BCUT2D eigenvalue weighted by molar-refractivity contribution is 7.92. The normalized spacial score (nSPS) is 12.8. The number of aromatic carboxylic acids is 1. The van der Waals surface area contributed by atoms with Gasteiger partial charge in [0.05, 0.1) is 24.7 Å². The Kier molecular flexibility index (Phi) is 5.34. The van der Waals surface area contributed by atoms with Crippen LogP contribution in [0.4, 0.5) is 5.69 Å². The molecule has 0 aliphatic heterocycles. The van der Waals surface area contributed by atoms with Crippen LogP contribution in [-0.4, -0.2) is 45.6 Å². The van der Waals surface area contributed by atoms with E-state index in [1.54, 1.807) is 6.92 Å². The lowest BCUT2D eigenvalue weighted by Crippen LogP contribution is -2.25. The third-order valence-corrected chi connectivity index (χ3v) is 4.02. The van der Waals surface area contributed by atoms with Crippen LogP contribution in [-0.2, 0) is 14.8 Å². The van der Waals surface area contributed by atoms with Crippen molar-refractivity contribution in [1.82, 2.24) is 0 Å². The second-order valence-electron chi connectivity index (χ2n) is 4.15. The molecule has 0 aromatic heterocycles. The summed E-state index contributed by atoms with van der Waals surface area (Å²) in [7, 11) is -0.848. The van der Waals surface area contributed by atoms with E-state index in [0.717, 1.165) is 0 Å². The number of sulfonamides is 1. The summed E-state index contributed by atoms with van der Waals surface area (Å²) >= 11 is 0. The van der Waals surface area contributed by atoms with E-state index in [2.05, 4.69) is 4.72 Å². The standard InChI is InChI=1S/C12H17NO6S/c1-8(18-2)7-20(16,17)13-9-4-5-10(12(14)15)11(6-9)19-3/h4-6,8,13H,7H2,1-3H3,(H,14,15). The number of nitrogens with one attached hydrogen (secondary N) is 1. The molecule has 0 amide bonds. The molecule has 0 saturated heterocycles. The van der Waals surface area contributed by atoms with Gasteiger partial charge in [-0.1, -0.05) is 0 Å². The van der Waals surface area contributed by atoms with Crippen molar-refractivity contribution in [2.24, 2.45) is 0 Å². The van der Waals surface area contributed by atoms with Crippen LogP contribution in [0.1, 0.15) is 17.3 Å². The molecule has 2 N–H and O–H groups in total. The highest BCUT2D eigenvalue weighted by Crippen LogP contribution is 2.24. The van der Waals surface area contributed by atoms with E-state index >= 15 is 0 Å². The van der Waals surface area contributed by atoms with Crippen LogP contribution in [0.2, 0.25) is 0 Å². The summed E-state index contributed by atoms with van der Waals surface area (Å²) in [6, 6.07) is 3.96. The average molecular weight is 303 g/mol. The fourth-order valence-electron chi connectivity index (χ4n) is 1.53. The fourth-order valence-corrected chi connectivity index (χ4v) is 2.85. The molecule has 0 aliphatic rings. The highest BCUT2D eigenvalue weighted by Gasteiger charge is 2.17. The van der Waals surface area contributed by atoms with Crippen molar-refractivity contribution in [2.45, 2.75) is 13.0 Å². The Morgan fingerprint density at radius 1 is 1.40 bits per heavy atom. The smallest absolute Gasteiger partial charge is 0.339 e. The van der Waals surface area contributed by atoms with Gasteiger partial charge in [0.25, 0.3) is 0 Å². The molecule has 0 radical (unpaired) electrons. The predicted octanol–water partition coefficient (Wildman–Crippen LogP) is 1.17. The Morgan fingerprint density at radius 2 is 2.05 bits per heavy atom. The van der Waals surface area contributed by atoms with Crippen LogP contribution in [0, 0.1) is 0 Å². The van der Waals surface area contributed by atoms with Gasteiger partial charge in [-0.3, -0.25) is 4.72 Å². The molecule has 7 nitrogen and oxygen atoms in total. The number of hydrogen-bond acceptors (Lipinski definition) is 5. The molecule has 0 aliphatic carbocycles. The molecular weight excluding hydrogens is 286 g/mol. The van der Waals surface area contributed by atoms with Crippen LogP contribution in [0.25, 0.3) is 0 Å². The van der Waals surface area contributed by atoms with E-state index in [1.807, 2.05) is 0 Å². The van der Waals surface area contributed by atoms with Gasteiger partial charge < -0.3 is 14.6 Å². The lowest BCUT2D eigenvalue weighted by atomic mass is 10.2. The van der Waals surface area contributed by atoms with Gasteiger partial charge in [0.2, 0.25) is 10.0 Å². The number of carboxylic acid groups (broad SMARTS) is 1. The van der Waals surface area contributed by atoms with Gasteiger partial charge >= 0.3 is 5.97 Å². The molecule has 0 bridgehead atoms. The van der Waals surface area contributed by atoms with Gasteiger partial charge in [0.1, 0.15) is 11.3 Å². The van der Waals surface area contributed by atoms with Crippen LogP contribution < -0.4 is 9.46 Å². The SMILES string of the molecule is COc1cc(NS(=O)(=O)CC(C)OC)ccc1C(=O)O. The predicted molar refractivity (Wildman–Crippen MR) is 73.8 cm³/mol. The molecule has 1 aromatic rings. The number of ether oxygens (including phenoxy) is 2. The van der Waals surface area contributed by atoms with Crippen LogP contribution in [0.15, 0.2) is 18.2 Å². The van der Waals surface area contributed by atoms with Crippen molar-refractivity contribution in [3.05, 3.63) is 23.8 Å². The van der Waals surface area contributed by atoms with E-state index < -0.39 is 22.1 Å². The number of rotatable bonds is 7.